The number of carbonyl (C=O) groups excluding carboxylic acids is 3. The van der Waals surface area contributed by atoms with E-state index in [1.165, 1.54) is 6.07 Å². The summed E-state index contributed by atoms with van der Waals surface area (Å²) in [4.78, 5) is 39.5. The van der Waals surface area contributed by atoms with Gasteiger partial charge < -0.3 is 19.9 Å². The highest BCUT2D eigenvalue weighted by molar-refractivity contribution is 6.14. The molecule has 0 atom stereocenters. The molecule has 0 radical (unpaired) electrons. The Morgan fingerprint density at radius 2 is 1.31 bits per heavy atom. The standard InChI is InChI=1S/C22H32N4O6/c1-20(2,3)30-17(27)25(18(28)31-21(4,5)6)16-14-12-13(23)10-11-15(14)26(24-16)19(29)32-22(7,8)9/h10-12H,23H2,1-9H3. The molecule has 0 aliphatic carbocycles. The van der Waals surface area contributed by atoms with E-state index in [4.69, 9.17) is 19.9 Å². The van der Waals surface area contributed by atoms with Gasteiger partial charge in [0.2, 0.25) is 0 Å². The lowest BCUT2D eigenvalue weighted by Gasteiger charge is -2.27. The van der Waals surface area contributed by atoms with Gasteiger partial charge in [-0.25, -0.2) is 14.4 Å². The first-order chi connectivity index (χ1) is 14.4. The summed E-state index contributed by atoms with van der Waals surface area (Å²) in [7, 11) is 0. The third kappa shape index (κ3) is 6.35. The third-order valence-electron chi connectivity index (χ3n) is 3.61. The maximum absolute atomic E-state index is 13.0. The van der Waals surface area contributed by atoms with E-state index in [1.807, 2.05) is 0 Å². The second kappa shape index (κ2) is 8.33. The second-order valence-electron chi connectivity index (χ2n) is 10.3. The van der Waals surface area contributed by atoms with E-state index in [9.17, 15) is 14.4 Å². The predicted octanol–water partition coefficient (Wildman–Crippen LogP) is 5.08. The van der Waals surface area contributed by atoms with E-state index in [-0.39, 0.29) is 11.2 Å². The molecule has 0 fully saturated rings. The Kier molecular flexibility index (Phi) is 6.50. The number of nitrogen functional groups attached to an aromatic ring is 1. The Morgan fingerprint density at radius 1 is 0.844 bits per heavy atom. The van der Waals surface area contributed by atoms with E-state index in [0.717, 1.165) is 4.68 Å². The van der Waals surface area contributed by atoms with Crippen LogP contribution < -0.4 is 10.6 Å². The van der Waals surface area contributed by atoms with Crippen molar-refractivity contribution in [2.45, 2.75) is 79.1 Å². The molecule has 2 aromatic rings. The normalized spacial score (nSPS) is 12.4. The quantitative estimate of drug-likeness (QED) is 0.473. The average Bonchev–Trinajstić information content (AvgIpc) is 2.88. The summed E-state index contributed by atoms with van der Waals surface area (Å²) in [5, 5.41) is 4.50. The zero-order chi connectivity index (χ0) is 24.6. The van der Waals surface area contributed by atoms with Crippen LogP contribution in [0.4, 0.5) is 25.9 Å². The van der Waals surface area contributed by atoms with Crippen molar-refractivity contribution in [1.29, 1.82) is 0 Å². The summed E-state index contributed by atoms with van der Waals surface area (Å²) in [6.45, 7) is 15.1. The summed E-state index contributed by atoms with van der Waals surface area (Å²) >= 11 is 0. The number of fused-ring (bicyclic) bond motifs is 1. The fraction of sp³-hybridized carbons (Fsp3) is 0.545. The molecule has 2 N–H and O–H groups in total. The number of rotatable bonds is 1. The van der Waals surface area contributed by atoms with Crippen LogP contribution in [0.15, 0.2) is 18.2 Å². The lowest BCUT2D eigenvalue weighted by atomic mass is 10.2. The van der Waals surface area contributed by atoms with Crippen LogP contribution in [0.1, 0.15) is 62.3 Å². The van der Waals surface area contributed by atoms with Gasteiger partial charge in [0.15, 0.2) is 5.82 Å². The van der Waals surface area contributed by atoms with Crippen LogP contribution in [-0.4, -0.2) is 44.9 Å². The van der Waals surface area contributed by atoms with Crippen molar-refractivity contribution in [3.63, 3.8) is 0 Å². The van der Waals surface area contributed by atoms with Crippen LogP contribution in [0.5, 0.6) is 0 Å². The Hall–Kier alpha value is -3.30. The summed E-state index contributed by atoms with van der Waals surface area (Å²) in [5.74, 6) is -0.165. The van der Waals surface area contributed by atoms with Gasteiger partial charge in [-0.2, -0.15) is 9.58 Å². The molecule has 10 heteroatoms. The number of hydrogen-bond acceptors (Lipinski definition) is 8. The molecule has 10 nitrogen and oxygen atoms in total. The van der Waals surface area contributed by atoms with E-state index in [2.05, 4.69) is 5.10 Å². The molecule has 0 saturated carbocycles. The number of nitrogens with two attached hydrogens (primary N) is 1. The van der Waals surface area contributed by atoms with Crippen molar-refractivity contribution < 1.29 is 28.6 Å². The topological polar surface area (TPSA) is 126 Å². The molecule has 2 amide bonds. The van der Waals surface area contributed by atoms with E-state index in [1.54, 1.807) is 74.4 Å². The molecule has 1 aromatic heterocycles. The minimum Gasteiger partial charge on any atom is -0.443 e. The highest BCUT2D eigenvalue weighted by Crippen LogP contribution is 2.31. The summed E-state index contributed by atoms with van der Waals surface area (Å²) < 4.78 is 17.2. The first kappa shape index (κ1) is 25.0. The number of hydrogen-bond donors (Lipinski definition) is 1. The Morgan fingerprint density at radius 3 is 1.75 bits per heavy atom. The molecular weight excluding hydrogens is 416 g/mol. The van der Waals surface area contributed by atoms with Crippen molar-refractivity contribution in [3.05, 3.63) is 18.2 Å². The molecule has 1 aromatic carbocycles. The van der Waals surface area contributed by atoms with Gasteiger partial charge in [0.25, 0.3) is 0 Å². The first-order valence-electron chi connectivity index (χ1n) is 10.2. The van der Waals surface area contributed by atoms with Crippen molar-refractivity contribution in [1.82, 2.24) is 9.78 Å². The highest BCUT2D eigenvalue weighted by Gasteiger charge is 2.36. The Labute approximate surface area is 187 Å². The lowest BCUT2D eigenvalue weighted by Crippen LogP contribution is -2.44. The van der Waals surface area contributed by atoms with Crippen LogP contribution in [0.3, 0.4) is 0 Å². The summed E-state index contributed by atoms with van der Waals surface area (Å²) in [6.07, 6.45) is -2.80. The predicted molar refractivity (Wildman–Crippen MR) is 121 cm³/mol. The van der Waals surface area contributed by atoms with Gasteiger partial charge in [-0.3, -0.25) is 0 Å². The monoisotopic (exact) mass is 448 g/mol. The molecule has 32 heavy (non-hydrogen) atoms. The molecule has 2 rings (SSSR count). The highest BCUT2D eigenvalue weighted by atomic mass is 16.6. The molecular formula is C22H32N4O6. The molecule has 1 heterocycles. The van der Waals surface area contributed by atoms with Gasteiger partial charge >= 0.3 is 18.3 Å². The zero-order valence-corrected chi connectivity index (χ0v) is 20.1. The minimum absolute atomic E-state index is 0.165. The largest absolute Gasteiger partial charge is 0.443 e. The number of aromatic nitrogens is 2. The number of anilines is 2. The van der Waals surface area contributed by atoms with Gasteiger partial charge in [-0.15, -0.1) is 5.10 Å². The van der Waals surface area contributed by atoms with Crippen molar-refractivity contribution >= 4 is 40.7 Å². The minimum atomic E-state index is -1.01. The Bertz CT molecular complexity index is 1010. The third-order valence-corrected chi connectivity index (χ3v) is 3.61. The summed E-state index contributed by atoms with van der Waals surface area (Å²) in [5.41, 5.74) is 3.97. The van der Waals surface area contributed by atoms with Crippen LogP contribution >= 0.6 is 0 Å². The number of ether oxygens (including phenoxy) is 3. The molecule has 0 spiro atoms. The smallest absolute Gasteiger partial charge is 0.435 e. The molecule has 0 saturated heterocycles. The van der Waals surface area contributed by atoms with Gasteiger partial charge in [0.05, 0.1) is 5.52 Å². The summed E-state index contributed by atoms with van der Waals surface area (Å²) in [6, 6.07) is 4.62. The number of nitrogens with zero attached hydrogens (tertiary/aromatic N) is 3. The van der Waals surface area contributed by atoms with Gasteiger partial charge in [0, 0.05) is 11.1 Å². The van der Waals surface area contributed by atoms with Crippen molar-refractivity contribution in [2.24, 2.45) is 0 Å². The fourth-order valence-corrected chi connectivity index (χ4v) is 2.59. The van der Waals surface area contributed by atoms with E-state index >= 15 is 0 Å². The molecule has 0 unspecified atom stereocenters. The van der Waals surface area contributed by atoms with Gasteiger partial charge in [0.1, 0.15) is 16.8 Å². The zero-order valence-electron chi connectivity index (χ0n) is 20.1. The van der Waals surface area contributed by atoms with Gasteiger partial charge in [-0.05, 0) is 80.5 Å². The maximum Gasteiger partial charge on any atom is 0.435 e. The number of carbonyl (C=O) groups is 3. The second-order valence-corrected chi connectivity index (χ2v) is 10.3. The fourth-order valence-electron chi connectivity index (χ4n) is 2.59. The van der Waals surface area contributed by atoms with E-state index in [0.29, 0.717) is 16.1 Å². The van der Waals surface area contributed by atoms with Crippen molar-refractivity contribution in [2.75, 3.05) is 10.6 Å². The Balaban J connectivity index is 2.71. The number of imide groups is 1. The van der Waals surface area contributed by atoms with Crippen LogP contribution in [0.25, 0.3) is 10.9 Å². The molecule has 0 bridgehead atoms. The molecule has 0 aliphatic heterocycles. The average molecular weight is 449 g/mol. The molecule has 176 valence electrons. The maximum atomic E-state index is 13.0. The number of amides is 2. The first-order valence-corrected chi connectivity index (χ1v) is 10.2. The lowest BCUT2D eigenvalue weighted by molar-refractivity contribution is 0.0421. The van der Waals surface area contributed by atoms with Crippen molar-refractivity contribution in [3.8, 4) is 0 Å². The van der Waals surface area contributed by atoms with Crippen LogP contribution in [-0.2, 0) is 14.2 Å². The SMILES string of the molecule is CC(C)(C)OC(=O)N(C(=O)OC(C)(C)C)c1nn(C(=O)OC(C)(C)C)c2ccc(N)cc12. The molecule has 0 aliphatic rings. The number of benzene rings is 1. The van der Waals surface area contributed by atoms with E-state index < -0.39 is 35.1 Å². The van der Waals surface area contributed by atoms with Gasteiger partial charge in [-0.1, -0.05) is 0 Å². The van der Waals surface area contributed by atoms with Crippen LogP contribution in [0.2, 0.25) is 0 Å². The van der Waals surface area contributed by atoms with Crippen LogP contribution in [0, 0.1) is 0 Å².